The summed E-state index contributed by atoms with van der Waals surface area (Å²) in [6.45, 7) is 1.22. The summed E-state index contributed by atoms with van der Waals surface area (Å²) in [5.41, 5.74) is 1.79. The number of esters is 1. The molecule has 7 heteroatoms. The van der Waals surface area contributed by atoms with Gasteiger partial charge < -0.3 is 9.64 Å². The molecule has 1 aromatic heterocycles. The van der Waals surface area contributed by atoms with Gasteiger partial charge in [-0.3, -0.25) is 14.4 Å². The zero-order chi connectivity index (χ0) is 17.8. The van der Waals surface area contributed by atoms with Gasteiger partial charge in [0.05, 0.1) is 12.8 Å². The molecule has 0 aromatic carbocycles. The predicted octanol–water partition coefficient (Wildman–Crippen LogP) is 0.924. The van der Waals surface area contributed by atoms with Crippen LogP contribution < -0.4 is 5.56 Å². The van der Waals surface area contributed by atoms with Crippen LogP contribution in [-0.2, 0) is 33.7 Å². The van der Waals surface area contributed by atoms with Gasteiger partial charge in [0.15, 0.2) is 0 Å². The Balaban J connectivity index is 1.58. The van der Waals surface area contributed by atoms with Crippen molar-refractivity contribution >= 4 is 11.9 Å². The van der Waals surface area contributed by atoms with Gasteiger partial charge in [-0.25, -0.2) is 4.68 Å². The van der Waals surface area contributed by atoms with E-state index in [-0.39, 0.29) is 29.9 Å². The lowest BCUT2D eigenvalue weighted by atomic mass is 9.93. The molecule has 0 spiro atoms. The van der Waals surface area contributed by atoms with Crippen LogP contribution in [0, 0.1) is 5.92 Å². The molecule has 2 aliphatic rings. The topological polar surface area (TPSA) is 81.5 Å². The Labute approximate surface area is 147 Å². The summed E-state index contributed by atoms with van der Waals surface area (Å²) in [4.78, 5) is 37.8. The van der Waals surface area contributed by atoms with E-state index in [1.165, 1.54) is 11.8 Å². The number of nitrogens with zero attached hydrogens (tertiary/aromatic N) is 3. The number of carbonyl (C=O) groups is 2. The zero-order valence-corrected chi connectivity index (χ0v) is 14.7. The fourth-order valence-corrected chi connectivity index (χ4v) is 3.65. The molecule has 0 saturated carbocycles. The van der Waals surface area contributed by atoms with E-state index >= 15 is 0 Å². The van der Waals surface area contributed by atoms with Gasteiger partial charge in [0.2, 0.25) is 5.91 Å². The summed E-state index contributed by atoms with van der Waals surface area (Å²) >= 11 is 0. The average Bonchev–Trinajstić information content (AvgIpc) is 2.62. The van der Waals surface area contributed by atoms with Crippen LogP contribution in [0.2, 0.25) is 0 Å². The second-order valence-electron chi connectivity index (χ2n) is 6.92. The van der Waals surface area contributed by atoms with Gasteiger partial charge in [0.25, 0.3) is 5.56 Å². The van der Waals surface area contributed by atoms with Crippen LogP contribution in [0.1, 0.15) is 43.4 Å². The lowest BCUT2D eigenvalue weighted by Gasteiger charge is -2.31. The number of fused-ring (bicyclic) bond motifs is 1. The maximum absolute atomic E-state index is 12.5. The van der Waals surface area contributed by atoms with Gasteiger partial charge in [-0.1, -0.05) is 0 Å². The summed E-state index contributed by atoms with van der Waals surface area (Å²) in [5.74, 6) is -0.0162. The molecule has 1 aliphatic carbocycles. The van der Waals surface area contributed by atoms with Crippen LogP contribution >= 0.6 is 0 Å². The molecule has 1 saturated heterocycles. The molecular formula is C18H25N3O4. The van der Waals surface area contributed by atoms with E-state index in [1.54, 1.807) is 11.0 Å². The second kappa shape index (κ2) is 7.80. The summed E-state index contributed by atoms with van der Waals surface area (Å²) in [6, 6.07) is 1.64. The quantitative estimate of drug-likeness (QED) is 0.757. The van der Waals surface area contributed by atoms with Crippen LogP contribution in [0.25, 0.3) is 0 Å². The van der Waals surface area contributed by atoms with Crippen LogP contribution in [0.3, 0.4) is 0 Å². The first-order chi connectivity index (χ1) is 12.1. The summed E-state index contributed by atoms with van der Waals surface area (Å²) in [5, 5.41) is 4.41. The Hall–Kier alpha value is -2.18. The number of piperidine rings is 1. The molecule has 0 atom stereocenters. The molecule has 0 N–H and O–H groups in total. The number of methoxy groups -OCH3 is 1. The molecule has 0 radical (unpaired) electrons. The molecule has 2 heterocycles. The normalized spacial score (nSPS) is 17.9. The van der Waals surface area contributed by atoms with Crippen LogP contribution in [0.15, 0.2) is 10.9 Å². The van der Waals surface area contributed by atoms with Gasteiger partial charge >= 0.3 is 5.97 Å². The number of aryl methyl sites for hydroxylation is 2. The van der Waals surface area contributed by atoms with Crippen molar-refractivity contribution in [2.45, 2.75) is 51.5 Å². The minimum atomic E-state index is -0.199. The van der Waals surface area contributed by atoms with E-state index in [0.29, 0.717) is 19.5 Å². The molecule has 0 unspecified atom stereocenters. The van der Waals surface area contributed by atoms with Gasteiger partial charge in [-0.05, 0) is 50.0 Å². The first-order valence-corrected chi connectivity index (χ1v) is 9.01. The maximum Gasteiger partial charge on any atom is 0.305 e. The van der Waals surface area contributed by atoms with Crippen molar-refractivity contribution in [2.24, 2.45) is 5.92 Å². The van der Waals surface area contributed by atoms with Gasteiger partial charge in [0.1, 0.15) is 6.54 Å². The third-order valence-electron chi connectivity index (χ3n) is 5.21. The minimum absolute atomic E-state index is 0.00617. The SMILES string of the molecule is COC(=O)CC1CCN(C(=O)Cn2nc3c(cc2=O)CCCC3)CC1. The van der Waals surface area contributed by atoms with E-state index in [9.17, 15) is 14.4 Å². The number of aromatic nitrogens is 2. The minimum Gasteiger partial charge on any atom is -0.469 e. The third kappa shape index (κ3) is 4.27. The average molecular weight is 347 g/mol. The smallest absolute Gasteiger partial charge is 0.305 e. The highest BCUT2D eigenvalue weighted by Crippen LogP contribution is 2.21. The first-order valence-electron chi connectivity index (χ1n) is 9.01. The highest BCUT2D eigenvalue weighted by molar-refractivity contribution is 5.76. The van der Waals surface area contributed by atoms with Crippen molar-refractivity contribution in [2.75, 3.05) is 20.2 Å². The van der Waals surface area contributed by atoms with Crippen molar-refractivity contribution < 1.29 is 14.3 Å². The standard InChI is InChI=1S/C18H25N3O4/c1-25-18(24)10-13-6-8-20(9-7-13)17(23)12-21-16(22)11-14-4-2-3-5-15(14)19-21/h11,13H,2-10,12H2,1H3. The van der Waals surface area contributed by atoms with Gasteiger partial charge in [0, 0.05) is 25.6 Å². The number of rotatable bonds is 4. The van der Waals surface area contributed by atoms with E-state index in [4.69, 9.17) is 4.74 Å². The van der Waals surface area contributed by atoms with Gasteiger partial charge in [-0.2, -0.15) is 5.10 Å². The molecule has 136 valence electrons. The lowest BCUT2D eigenvalue weighted by molar-refractivity contribution is -0.142. The number of amides is 1. The van der Waals surface area contributed by atoms with E-state index in [1.807, 2.05) is 0 Å². The number of hydrogen-bond donors (Lipinski definition) is 0. The molecule has 0 bridgehead atoms. The fraction of sp³-hybridized carbons (Fsp3) is 0.667. The third-order valence-corrected chi connectivity index (χ3v) is 5.21. The molecule has 1 fully saturated rings. The summed E-state index contributed by atoms with van der Waals surface area (Å²) in [7, 11) is 1.39. The second-order valence-corrected chi connectivity index (χ2v) is 6.92. The summed E-state index contributed by atoms with van der Waals surface area (Å²) < 4.78 is 6.00. The van der Waals surface area contributed by atoms with Crippen molar-refractivity contribution in [3.63, 3.8) is 0 Å². The Kier molecular flexibility index (Phi) is 5.50. The Morgan fingerprint density at radius 2 is 1.96 bits per heavy atom. The largest absolute Gasteiger partial charge is 0.469 e. The fourth-order valence-electron chi connectivity index (χ4n) is 3.65. The van der Waals surface area contributed by atoms with Crippen molar-refractivity contribution in [3.05, 3.63) is 27.7 Å². The maximum atomic E-state index is 12.5. The molecule has 1 aliphatic heterocycles. The van der Waals surface area contributed by atoms with Crippen LogP contribution in [-0.4, -0.2) is 46.8 Å². The number of hydrogen-bond acceptors (Lipinski definition) is 5. The number of carbonyl (C=O) groups excluding carboxylic acids is 2. The molecule has 1 amide bonds. The van der Waals surface area contributed by atoms with Gasteiger partial charge in [-0.15, -0.1) is 0 Å². The number of likely N-dealkylation sites (tertiary alicyclic amines) is 1. The van der Waals surface area contributed by atoms with Crippen molar-refractivity contribution in [1.82, 2.24) is 14.7 Å². The molecule has 25 heavy (non-hydrogen) atoms. The number of ether oxygens (including phenoxy) is 1. The predicted molar refractivity (Wildman–Crippen MR) is 91.1 cm³/mol. The Morgan fingerprint density at radius 1 is 1.24 bits per heavy atom. The van der Waals surface area contributed by atoms with Crippen LogP contribution in [0.5, 0.6) is 0 Å². The molecular weight excluding hydrogens is 322 g/mol. The van der Waals surface area contributed by atoms with E-state index in [0.717, 1.165) is 49.8 Å². The Bertz CT molecular complexity index is 705. The monoisotopic (exact) mass is 347 g/mol. The van der Waals surface area contributed by atoms with Crippen molar-refractivity contribution in [3.8, 4) is 0 Å². The molecule has 1 aromatic rings. The highest BCUT2D eigenvalue weighted by Gasteiger charge is 2.25. The van der Waals surface area contributed by atoms with E-state index in [2.05, 4.69) is 5.10 Å². The molecule has 3 rings (SSSR count). The van der Waals surface area contributed by atoms with Crippen LogP contribution in [0.4, 0.5) is 0 Å². The Morgan fingerprint density at radius 3 is 2.68 bits per heavy atom. The zero-order valence-electron chi connectivity index (χ0n) is 14.7. The molecule has 7 nitrogen and oxygen atoms in total. The van der Waals surface area contributed by atoms with E-state index < -0.39 is 0 Å². The first kappa shape index (κ1) is 17.6. The summed E-state index contributed by atoms with van der Waals surface area (Å²) in [6.07, 6.45) is 5.94. The lowest BCUT2D eigenvalue weighted by Crippen LogP contribution is -2.42. The highest BCUT2D eigenvalue weighted by atomic mass is 16.5. The van der Waals surface area contributed by atoms with Crippen molar-refractivity contribution in [1.29, 1.82) is 0 Å².